The Morgan fingerprint density at radius 3 is 2.20 bits per heavy atom. The standard InChI is InChI=1S/C26H30N4O4S/c1-18-9-10-19(2)30(18)21-13-11-20(12-14-21)25(32)28-29-26(33)23(15-16-35-3)27-24(31)17-34-22-7-5-4-6-8-22/h4-14,23H,15-17H2,1-3H3,(H,27,31)(H,28,32)(H,29,33)/t23-/m0/s1. The first-order valence-corrected chi connectivity index (χ1v) is 12.6. The van der Waals surface area contributed by atoms with E-state index in [0.717, 1.165) is 17.1 Å². The van der Waals surface area contributed by atoms with Crippen LogP contribution in [0.15, 0.2) is 66.7 Å². The third-order valence-corrected chi connectivity index (χ3v) is 5.98. The smallest absolute Gasteiger partial charge is 0.269 e. The predicted molar refractivity (Wildman–Crippen MR) is 138 cm³/mol. The molecule has 0 aliphatic rings. The van der Waals surface area contributed by atoms with Crippen molar-refractivity contribution in [2.24, 2.45) is 0 Å². The number of nitrogens with one attached hydrogen (secondary N) is 3. The number of hydrazine groups is 1. The first kappa shape index (κ1) is 25.9. The number of rotatable bonds is 10. The van der Waals surface area contributed by atoms with Gasteiger partial charge in [-0.05, 0) is 80.8 Å². The molecule has 1 atom stereocenters. The van der Waals surface area contributed by atoms with E-state index in [0.29, 0.717) is 23.5 Å². The molecule has 3 N–H and O–H groups in total. The molecule has 0 saturated carbocycles. The van der Waals surface area contributed by atoms with E-state index < -0.39 is 23.8 Å². The molecule has 0 spiro atoms. The van der Waals surface area contributed by atoms with E-state index in [2.05, 4.69) is 20.7 Å². The number of aryl methyl sites for hydroxylation is 2. The fourth-order valence-electron chi connectivity index (χ4n) is 3.52. The summed E-state index contributed by atoms with van der Waals surface area (Å²) in [7, 11) is 0. The van der Waals surface area contributed by atoms with Gasteiger partial charge in [-0.1, -0.05) is 18.2 Å². The first-order valence-electron chi connectivity index (χ1n) is 11.2. The molecule has 8 nitrogen and oxygen atoms in total. The molecule has 0 fully saturated rings. The Bertz CT molecular complexity index is 1130. The van der Waals surface area contributed by atoms with Crippen molar-refractivity contribution in [2.75, 3.05) is 18.6 Å². The highest BCUT2D eigenvalue weighted by molar-refractivity contribution is 7.98. The third-order valence-electron chi connectivity index (χ3n) is 5.33. The highest BCUT2D eigenvalue weighted by atomic mass is 32.2. The molecule has 0 aliphatic carbocycles. The minimum atomic E-state index is -0.809. The lowest BCUT2D eigenvalue weighted by Gasteiger charge is -2.18. The maximum atomic E-state index is 12.7. The van der Waals surface area contributed by atoms with Crippen LogP contribution in [0.2, 0.25) is 0 Å². The van der Waals surface area contributed by atoms with Crippen molar-refractivity contribution in [3.05, 3.63) is 83.7 Å². The van der Waals surface area contributed by atoms with Gasteiger partial charge in [0.25, 0.3) is 17.7 Å². The van der Waals surface area contributed by atoms with Crippen molar-refractivity contribution >= 4 is 29.5 Å². The molecule has 1 aromatic heterocycles. The maximum absolute atomic E-state index is 12.7. The molecule has 2 aromatic carbocycles. The molecule has 0 unspecified atom stereocenters. The Balaban J connectivity index is 1.54. The minimum absolute atomic E-state index is 0.216. The van der Waals surface area contributed by atoms with Crippen molar-refractivity contribution in [1.29, 1.82) is 0 Å². The molecule has 0 bridgehead atoms. The SMILES string of the molecule is CSCC[C@H](NC(=O)COc1ccccc1)C(=O)NNC(=O)c1ccc(-n2c(C)ccc2C)cc1. The van der Waals surface area contributed by atoms with Gasteiger partial charge in [-0.3, -0.25) is 25.2 Å². The van der Waals surface area contributed by atoms with Gasteiger partial charge >= 0.3 is 0 Å². The van der Waals surface area contributed by atoms with Gasteiger partial charge in [0.1, 0.15) is 11.8 Å². The van der Waals surface area contributed by atoms with Crippen LogP contribution in [0, 0.1) is 13.8 Å². The van der Waals surface area contributed by atoms with Crippen molar-refractivity contribution in [1.82, 2.24) is 20.7 Å². The minimum Gasteiger partial charge on any atom is -0.484 e. The van der Waals surface area contributed by atoms with Crippen LogP contribution in [0.4, 0.5) is 0 Å². The molecule has 184 valence electrons. The second kappa shape index (κ2) is 12.7. The third kappa shape index (κ3) is 7.38. The van der Waals surface area contributed by atoms with Gasteiger partial charge in [0.2, 0.25) is 0 Å². The molecule has 3 rings (SSSR count). The number of carbonyl (C=O) groups is 3. The predicted octanol–water partition coefficient (Wildman–Crippen LogP) is 3.17. The Hall–Kier alpha value is -3.72. The van der Waals surface area contributed by atoms with E-state index in [-0.39, 0.29) is 6.61 Å². The monoisotopic (exact) mass is 494 g/mol. The van der Waals surface area contributed by atoms with Crippen molar-refractivity contribution in [2.45, 2.75) is 26.3 Å². The van der Waals surface area contributed by atoms with Gasteiger partial charge in [-0.25, -0.2) is 0 Å². The van der Waals surface area contributed by atoms with Crippen molar-refractivity contribution in [3.8, 4) is 11.4 Å². The molecule has 0 saturated heterocycles. The van der Waals surface area contributed by atoms with Crippen LogP contribution in [0.3, 0.4) is 0 Å². The normalized spacial score (nSPS) is 11.4. The van der Waals surface area contributed by atoms with Gasteiger partial charge in [-0.2, -0.15) is 11.8 Å². The molecule has 0 radical (unpaired) electrons. The summed E-state index contributed by atoms with van der Waals surface area (Å²) in [6.45, 7) is 3.82. The molecule has 1 heterocycles. The molecule has 3 aromatic rings. The summed E-state index contributed by atoms with van der Waals surface area (Å²) in [4.78, 5) is 37.6. The topological polar surface area (TPSA) is 101 Å². The lowest BCUT2D eigenvalue weighted by Crippen LogP contribution is -2.53. The Kier molecular flexibility index (Phi) is 9.37. The van der Waals surface area contributed by atoms with Crippen LogP contribution in [0.5, 0.6) is 5.75 Å². The van der Waals surface area contributed by atoms with Gasteiger partial charge in [0, 0.05) is 22.6 Å². The summed E-state index contributed by atoms with van der Waals surface area (Å²) in [6.07, 6.45) is 2.32. The number of hydrogen-bond donors (Lipinski definition) is 3. The lowest BCUT2D eigenvalue weighted by atomic mass is 10.2. The van der Waals surface area contributed by atoms with Crippen molar-refractivity contribution in [3.63, 3.8) is 0 Å². The molecule has 9 heteroatoms. The number of carbonyl (C=O) groups excluding carboxylic acids is 3. The quantitative estimate of drug-likeness (QED) is 0.376. The lowest BCUT2D eigenvalue weighted by molar-refractivity contribution is -0.130. The Labute approximate surface area is 209 Å². The maximum Gasteiger partial charge on any atom is 0.269 e. The summed E-state index contributed by atoms with van der Waals surface area (Å²) >= 11 is 1.56. The zero-order valence-electron chi connectivity index (χ0n) is 20.0. The van der Waals surface area contributed by atoms with E-state index in [1.54, 1.807) is 48.2 Å². The van der Waals surface area contributed by atoms with Gasteiger partial charge in [0.05, 0.1) is 0 Å². The van der Waals surface area contributed by atoms with Crippen molar-refractivity contribution < 1.29 is 19.1 Å². The van der Waals surface area contributed by atoms with Crippen LogP contribution >= 0.6 is 11.8 Å². The Morgan fingerprint density at radius 1 is 0.914 bits per heavy atom. The van der Waals surface area contributed by atoms with Crippen LogP contribution in [0.1, 0.15) is 28.2 Å². The van der Waals surface area contributed by atoms with Gasteiger partial charge in [0.15, 0.2) is 6.61 Å². The fraction of sp³-hybridized carbons (Fsp3) is 0.269. The molecular weight excluding hydrogens is 464 g/mol. The second-order valence-corrected chi connectivity index (χ2v) is 8.93. The molecule has 3 amide bonds. The van der Waals surface area contributed by atoms with E-state index in [1.807, 2.05) is 50.4 Å². The number of nitrogens with zero attached hydrogens (tertiary/aromatic N) is 1. The van der Waals surface area contributed by atoms with E-state index >= 15 is 0 Å². The largest absolute Gasteiger partial charge is 0.484 e. The van der Waals surface area contributed by atoms with Crippen LogP contribution in [-0.4, -0.2) is 46.9 Å². The molecule has 35 heavy (non-hydrogen) atoms. The average molecular weight is 495 g/mol. The fourth-order valence-corrected chi connectivity index (χ4v) is 3.99. The van der Waals surface area contributed by atoms with E-state index in [1.165, 1.54) is 0 Å². The van der Waals surface area contributed by atoms with E-state index in [4.69, 9.17) is 4.74 Å². The number of ether oxygens (including phenoxy) is 1. The number of aromatic nitrogens is 1. The summed E-state index contributed by atoms with van der Waals surface area (Å²) in [5.41, 5.74) is 8.39. The average Bonchev–Trinajstić information content (AvgIpc) is 3.21. The first-order chi connectivity index (χ1) is 16.9. The zero-order valence-corrected chi connectivity index (χ0v) is 20.9. The Morgan fingerprint density at radius 2 is 1.57 bits per heavy atom. The number of thioether (sulfide) groups is 1. The number of hydrogen-bond acceptors (Lipinski definition) is 5. The van der Waals surface area contributed by atoms with Crippen LogP contribution in [-0.2, 0) is 9.59 Å². The molecule has 0 aliphatic heterocycles. The van der Waals surface area contributed by atoms with Gasteiger partial charge < -0.3 is 14.6 Å². The molecular formula is C26H30N4O4S. The second-order valence-electron chi connectivity index (χ2n) is 7.95. The summed E-state index contributed by atoms with van der Waals surface area (Å²) in [6, 6.07) is 19.3. The highest BCUT2D eigenvalue weighted by Gasteiger charge is 2.21. The highest BCUT2D eigenvalue weighted by Crippen LogP contribution is 2.17. The number of benzene rings is 2. The number of para-hydroxylation sites is 1. The van der Waals surface area contributed by atoms with Crippen LogP contribution in [0.25, 0.3) is 5.69 Å². The summed E-state index contributed by atoms with van der Waals surface area (Å²) in [5, 5.41) is 2.68. The van der Waals surface area contributed by atoms with E-state index in [9.17, 15) is 14.4 Å². The summed E-state index contributed by atoms with van der Waals surface area (Å²) in [5.74, 6) is -0.157. The van der Waals surface area contributed by atoms with Crippen LogP contribution < -0.4 is 20.9 Å². The number of amides is 3. The zero-order chi connectivity index (χ0) is 25.2. The van der Waals surface area contributed by atoms with Gasteiger partial charge in [-0.15, -0.1) is 0 Å². The summed E-state index contributed by atoms with van der Waals surface area (Å²) < 4.78 is 7.53.